The highest BCUT2D eigenvalue weighted by Crippen LogP contribution is 2.28. The number of benzene rings is 1. The Morgan fingerprint density at radius 1 is 1.29 bits per heavy atom. The van der Waals surface area contributed by atoms with Crippen LogP contribution in [0.2, 0.25) is 0 Å². The van der Waals surface area contributed by atoms with E-state index in [0.717, 1.165) is 5.92 Å². The fourth-order valence-electron chi connectivity index (χ4n) is 2.95. The van der Waals surface area contributed by atoms with Gasteiger partial charge in [0.05, 0.1) is 0 Å². The molecular weight excluding hydrogens is 208 g/mol. The summed E-state index contributed by atoms with van der Waals surface area (Å²) in [6.07, 6.45) is 5.65. The average molecular weight is 232 g/mol. The van der Waals surface area contributed by atoms with Crippen LogP contribution in [-0.2, 0) is 6.54 Å². The third-order valence-corrected chi connectivity index (χ3v) is 3.91. The summed E-state index contributed by atoms with van der Waals surface area (Å²) in [6, 6.07) is 6.57. The van der Waals surface area contributed by atoms with Gasteiger partial charge in [-0.15, -0.1) is 0 Å². The third-order valence-electron chi connectivity index (χ3n) is 3.91. The van der Waals surface area contributed by atoms with Gasteiger partial charge >= 0.3 is 0 Å². The van der Waals surface area contributed by atoms with E-state index in [9.17, 15) is 0 Å². The van der Waals surface area contributed by atoms with Crippen molar-refractivity contribution in [2.24, 2.45) is 11.7 Å². The first-order chi connectivity index (χ1) is 8.20. The molecule has 2 N–H and O–H groups in total. The van der Waals surface area contributed by atoms with E-state index in [0.29, 0.717) is 6.54 Å². The van der Waals surface area contributed by atoms with Gasteiger partial charge in [-0.2, -0.15) is 0 Å². The van der Waals surface area contributed by atoms with Gasteiger partial charge in [0, 0.05) is 25.8 Å². The van der Waals surface area contributed by atoms with Crippen LogP contribution in [0.4, 0.5) is 5.69 Å². The van der Waals surface area contributed by atoms with Gasteiger partial charge in [-0.3, -0.25) is 0 Å². The highest BCUT2D eigenvalue weighted by atomic mass is 15.1. The molecule has 2 nitrogen and oxygen atoms in total. The summed E-state index contributed by atoms with van der Waals surface area (Å²) in [4.78, 5) is 2.41. The lowest BCUT2D eigenvalue weighted by molar-refractivity contribution is 0.546. The number of hydrogen-bond acceptors (Lipinski definition) is 2. The molecule has 0 saturated heterocycles. The number of hydrogen-bond donors (Lipinski definition) is 1. The molecule has 1 saturated carbocycles. The van der Waals surface area contributed by atoms with E-state index in [1.807, 2.05) is 0 Å². The Bertz CT molecular complexity index is 367. The first-order valence-electron chi connectivity index (χ1n) is 6.71. The number of rotatable bonds is 4. The lowest BCUT2D eigenvalue weighted by Crippen LogP contribution is -2.24. The Hall–Kier alpha value is -1.02. The zero-order chi connectivity index (χ0) is 12.3. The Morgan fingerprint density at radius 3 is 2.59 bits per heavy atom. The van der Waals surface area contributed by atoms with Crippen LogP contribution in [0.1, 0.15) is 36.8 Å². The zero-order valence-corrected chi connectivity index (χ0v) is 11.1. The van der Waals surface area contributed by atoms with Gasteiger partial charge in [-0.05, 0) is 42.9 Å². The van der Waals surface area contributed by atoms with E-state index in [2.05, 4.69) is 37.1 Å². The lowest BCUT2D eigenvalue weighted by Gasteiger charge is -2.25. The minimum Gasteiger partial charge on any atom is -0.374 e. The first-order valence-corrected chi connectivity index (χ1v) is 6.71. The summed E-state index contributed by atoms with van der Waals surface area (Å²) in [5, 5.41) is 0. The SMILES string of the molecule is Cc1cc(CN)ccc1N(C)CC1CCCC1. The predicted molar refractivity (Wildman–Crippen MR) is 74.3 cm³/mol. The van der Waals surface area contributed by atoms with E-state index in [4.69, 9.17) is 5.73 Å². The molecule has 1 aliphatic rings. The summed E-state index contributed by atoms with van der Waals surface area (Å²) in [5.41, 5.74) is 9.58. The van der Waals surface area contributed by atoms with Gasteiger partial charge < -0.3 is 10.6 Å². The Balaban J connectivity index is 2.04. The molecule has 0 radical (unpaired) electrons. The molecule has 0 unspecified atom stereocenters. The van der Waals surface area contributed by atoms with Crippen molar-refractivity contribution in [3.63, 3.8) is 0 Å². The fraction of sp³-hybridized carbons (Fsp3) is 0.600. The van der Waals surface area contributed by atoms with Crippen molar-refractivity contribution in [3.05, 3.63) is 29.3 Å². The monoisotopic (exact) mass is 232 g/mol. The number of nitrogens with two attached hydrogens (primary N) is 1. The molecular formula is C15H24N2. The molecule has 1 aromatic carbocycles. The maximum Gasteiger partial charge on any atom is 0.0393 e. The minimum absolute atomic E-state index is 0.632. The van der Waals surface area contributed by atoms with Crippen LogP contribution in [0.25, 0.3) is 0 Å². The van der Waals surface area contributed by atoms with E-state index in [1.54, 1.807) is 0 Å². The predicted octanol–water partition coefficient (Wildman–Crippen LogP) is 3.08. The summed E-state index contributed by atoms with van der Waals surface area (Å²) in [6.45, 7) is 4.01. The summed E-state index contributed by atoms with van der Waals surface area (Å²) < 4.78 is 0. The maximum absolute atomic E-state index is 5.66. The third kappa shape index (κ3) is 3.01. The number of aryl methyl sites for hydroxylation is 1. The standard InChI is InChI=1S/C15H24N2/c1-12-9-14(10-16)7-8-15(12)17(2)11-13-5-3-4-6-13/h7-9,13H,3-6,10-11,16H2,1-2H3. The Morgan fingerprint density at radius 2 is 2.00 bits per heavy atom. The molecule has 0 spiro atoms. The second kappa shape index (κ2) is 5.54. The van der Waals surface area contributed by atoms with E-state index < -0.39 is 0 Å². The molecule has 2 rings (SSSR count). The first kappa shape index (κ1) is 12.4. The second-order valence-corrected chi connectivity index (χ2v) is 5.36. The van der Waals surface area contributed by atoms with Crippen molar-refractivity contribution in [2.45, 2.75) is 39.2 Å². The highest BCUT2D eigenvalue weighted by molar-refractivity contribution is 5.54. The van der Waals surface area contributed by atoms with Crippen molar-refractivity contribution >= 4 is 5.69 Å². The average Bonchev–Trinajstić information content (AvgIpc) is 2.81. The lowest BCUT2D eigenvalue weighted by atomic mass is 10.1. The number of nitrogens with zero attached hydrogens (tertiary/aromatic N) is 1. The highest BCUT2D eigenvalue weighted by Gasteiger charge is 2.17. The molecule has 1 aromatic rings. The summed E-state index contributed by atoms with van der Waals surface area (Å²) in [5.74, 6) is 0.897. The van der Waals surface area contributed by atoms with Crippen LogP contribution in [0.5, 0.6) is 0 Å². The quantitative estimate of drug-likeness (QED) is 0.864. The van der Waals surface area contributed by atoms with Gasteiger partial charge in [-0.1, -0.05) is 25.0 Å². The fourth-order valence-corrected chi connectivity index (χ4v) is 2.95. The molecule has 0 atom stereocenters. The van der Waals surface area contributed by atoms with E-state index >= 15 is 0 Å². The van der Waals surface area contributed by atoms with Gasteiger partial charge in [0.25, 0.3) is 0 Å². The smallest absolute Gasteiger partial charge is 0.0393 e. The van der Waals surface area contributed by atoms with Crippen molar-refractivity contribution in [3.8, 4) is 0 Å². The minimum atomic E-state index is 0.632. The molecule has 17 heavy (non-hydrogen) atoms. The van der Waals surface area contributed by atoms with Crippen LogP contribution in [0.15, 0.2) is 18.2 Å². The molecule has 2 heteroatoms. The Kier molecular flexibility index (Phi) is 4.06. The van der Waals surface area contributed by atoms with Crippen molar-refractivity contribution in [1.29, 1.82) is 0 Å². The van der Waals surface area contributed by atoms with Crippen LogP contribution in [0.3, 0.4) is 0 Å². The normalized spacial score (nSPS) is 16.4. The zero-order valence-electron chi connectivity index (χ0n) is 11.1. The van der Waals surface area contributed by atoms with E-state index in [-0.39, 0.29) is 0 Å². The summed E-state index contributed by atoms with van der Waals surface area (Å²) in [7, 11) is 2.21. The molecule has 0 amide bonds. The van der Waals surface area contributed by atoms with Crippen molar-refractivity contribution in [2.75, 3.05) is 18.5 Å². The van der Waals surface area contributed by atoms with Gasteiger partial charge in [-0.25, -0.2) is 0 Å². The van der Waals surface area contributed by atoms with Crippen LogP contribution < -0.4 is 10.6 Å². The van der Waals surface area contributed by atoms with Crippen LogP contribution >= 0.6 is 0 Å². The van der Waals surface area contributed by atoms with Crippen molar-refractivity contribution in [1.82, 2.24) is 0 Å². The molecule has 0 aliphatic heterocycles. The van der Waals surface area contributed by atoms with E-state index in [1.165, 1.54) is 49.0 Å². The van der Waals surface area contributed by atoms with Crippen molar-refractivity contribution < 1.29 is 0 Å². The number of anilines is 1. The summed E-state index contributed by atoms with van der Waals surface area (Å²) >= 11 is 0. The molecule has 1 aliphatic carbocycles. The molecule has 0 aromatic heterocycles. The molecule has 0 heterocycles. The largest absolute Gasteiger partial charge is 0.374 e. The molecule has 1 fully saturated rings. The van der Waals surface area contributed by atoms with Gasteiger partial charge in [0.2, 0.25) is 0 Å². The molecule has 94 valence electrons. The molecule has 0 bridgehead atoms. The van der Waals surface area contributed by atoms with Gasteiger partial charge in [0.15, 0.2) is 0 Å². The maximum atomic E-state index is 5.66. The second-order valence-electron chi connectivity index (χ2n) is 5.36. The van der Waals surface area contributed by atoms with Gasteiger partial charge in [0.1, 0.15) is 0 Å². The Labute approximate surface area is 105 Å². The van der Waals surface area contributed by atoms with Crippen LogP contribution in [0, 0.1) is 12.8 Å². The topological polar surface area (TPSA) is 29.3 Å². The van der Waals surface area contributed by atoms with Crippen LogP contribution in [-0.4, -0.2) is 13.6 Å².